The summed E-state index contributed by atoms with van der Waals surface area (Å²) in [6.07, 6.45) is 0. The van der Waals surface area contributed by atoms with E-state index in [9.17, 15) is 9.18 Å². The van der Waals surface area contributed by atoms with Gasteiger partial charge >= 0.3 is 5.97 Å². The second kappa shape index (κ2) is 3.85. The van der Waals surface area contributed by atoms with Crippen LogP contribution in [0.2, 0.25) is 0 Å². The molecular formula is C8H7BrFNO2. The highest BCUT2D eigenvalue weighted by atomic mass is 79.9. The van der Waals surface area contributed by atoms with E-state index in [0.717, 1.165) is 6.07 Å². The van der Waals surface area contributed by atoms with Crippen LogP contribution in [0, 0.1) is 5.82 Å². The van der Waals surface area contributed by atoms with Gasteiger partial charge in [-0.3, -0.25) is 4.79 Å². The summed E-state index contributed by atoms with van der Waals surface area (Å²) in [6.45, 7) is 0. The Kier molecular flexibility index (Phi) is 3.00. The fourth-order valence-corrected chi connectivity index (χ4v) is 1.10. The molecule has 0 bridgehead atoms. The smallest absolute Gasteiger partial charge is 0.325 e. The van der Waals surface area contributed by atoms with E-state index >= 15 is 0 Å². The Labute approximate surface area is 82.5 Å². The number of halogens is 2. The molecule has 1 unspecified atom stereocenters. The molecule has 70 valence electrons. The first-order valence-corrected chi connectivity index (χ1v) is 4.25. The summed E-state index contributed by atoms with van der Waals surface area (Å²) in [5.74, 6) is -1.70. The Morgan fingerprint density at radius 1 is 1.62 bits per heavy atom. The number of nitrogens with two attached hydrogens (primary N) is 1. The second-order valence-electron chi connectivity index (χ2n) is 2.49. The molecule has 3 nitrogen and oxygen atoms in total. The molecular weight excluding hydrogens is 241 g/mol. The van der Waals surface area contributed by atoms with Crippen molar-refractivity contribution in [3.05, 3.63) is 34.1 Å². The fourth-order valence-electron chi connectivity index (χ4n) is 0.848. The van der Waals surface area contributed by atoms with E-state index in [-0.39, 0.29) is 10.0 Å². The molecule has 0 spiro atoms. The first-order chi connectivity index (χ1) is 6.02. The predicted octanol–water partition coefficient (Wildman–Crippen LogP) is 1.67. The van der Waals surface area contributed by atoms with Crippen LogP contribution in [0.5, 0.6) is 0 Å². The zero-order chi connectivity index (χ0) is 10.0. The van der Waals surface area contributed by atoms with Crippen molar-refractivity contribution in [1.82, 2.24) is 0 Å². The van der Waals surface area contributed by atoms with Crippen molar-refractivity contribution >= 4 is 21.9 Å². The molecule has 0 aromatic heterocycles. The Balaban J connectivity index is 3.03. The van der Waals surface area contributed by atoms with Crippen LogP contribution in [0.25, 0.3) is 0 Å². The molecule has 1 aromatic rings. The summed E-state index contributed by atoms with van der Waals surface area (Å²) >= 11 is 2.95. The van der Waals surface area contributed by atoms with Gasteiger partial charge in [-0.15, -0.1) is 0 Å². The third kappa shape index (κ3) is 2.26. The largest absolute Gasteiger partial charge is 0.480 e. The summed E-state index contributed by atoms with van der Waals surface area (Å²) in [5.41, 5.74) is 5.52. The molecule has 0 fully saturated rings. The second-order valence-corrected chi connectivity index (χ2v) is 3.34. The van der Waals surface area contributed by atoms with E-state index in [0.29, 0.717) is 0 Å². The zero-order valence-corrected chi connectivity index (χ0v) is 8.08. The Morgan fingerprint density at radius 3 is 2.69 bits per heavy atom. The van der Waals surface area contributed by atoms with E-state index in [4.69, 9.17) is 10.8 Å². The molecule has 0 aliphatic rings. The van der Waals surface area contributed by atoms with Crippen molar-refractivity contribution in [2.45, 2.75) is 6.04 Å². The highest BCUT2D eigenvalue weighted by Gasteiger charge is 2.15. The van der Waals surface area contributed by atoms with Crippen LogP contribution in [0.15, 0.2) is 22.7 Å². The lowest BCUT2D eigenvalue weighted by molar-refractivity contribution is -0.138. The Morgan fingerprint density at radius 2 is 2.23 bits per heavy atom. The van der Waals surface area contributed by atoms with Gasteiger partial charge in [0.05, 0.1) is 4.47 Å². The molecule has 1 rings (SSSR count). The van der Waals surface area contributed by atoms with Gasteiger partial charge in [-0.2, -0.15) is 0 Å². The van der Waals surface area contributed by atoms with E-state index in [1.807, 2.05) is 0 Å². The number of carboxylic acids is 1. The van der Waals surface area contributed by atoms with Gasteiger partial charge in [-0.25, -0.2) is 4.39 Å². The molecule has 0 saturated carbocycles. The lowest BCUT2D eigenvalue weighted by Gasteiger charge is -2.06. The van der Waals surface area contributed by atoms with Crippen LogP contribution in [0.3, 0.4) is 0 Å². The van der Waals surface area contributed by atoms with Gasteiger partial charge in [0.15, 0.2) is 0 Å². The maximum absolute atomic E-state index is 12.9. The molecule has 0 heterocycles. The molecule has 1 atom stereocenters. The maximum atomic E-state index is 12.9. The zero-order valence-electron chi connectivity index (χ0n) is 6.50. The summed E-state index contributed by atoms with van der Waals surface area (Å²) in [4.78, 5) is 10.4. The van der Waals surface area contributed by atoms with Crippen molar-refractivity contribution in [2.75, 3.05) is 0 Å². The molecule has 3 N–H and O–H groups in total. The van der Waals surface area contributed by atoms with Crippen LogP contribution in [0.1, 0.15) is 11.6 Å². The molecule has 13 heavy (non-hydrogen) atoms. The van der Waals surface area contributed by atoms with Crippen molar-refractivity contribution in [1.29, 1.82) is 0 Å². The highest BCUT2D eigenvalue weighted by Crippen LogP contribution is 2.19. The standard InChI is InChI=1S/C8H7BrFNO2/c9-5-2-1-4(3-6(5)10)7(11)8(12)13/h1-3,7H,11H2,(H,12,13). The number of aliphatic carboxylic acids is 1. The van der Waals surface area contributed by atoms with Gasteiger partial charge < -0.3 is 10.8 Å². The fraction of sp³-hybridized carbons (Fsp3) is 0.125. The molecule has 0 radical (unpaired) electrons. The SMILES string of the molecule is NC(C(=O)O)c1ccc(Br)c(F)c1. The van der Waals surface area contributed by atoms with Gasteiger partial charge in [0, 0.05) is 0 Å². The minimum atomic E-state index is -1.18. The quantitative estimate of drug-likeness (QED) is 0.836. The van der Waals surface area contributed by atoms with Gasteiger partial charge in [-0.1, -0.05) is 6.07 Å². The lowest BCUT2D eigenvalue weighted by Crippen LogP contribution is -2.20. The normalized spacial score (nSPS) is 12.5. The van der Waals surface area contributed by atoms with Gasteiger partial charge in [0.1, 0.15) is 11.9 Å². The van der Waals surface area contributed by atoms with E-state index < -0.39 is 17.8 Å². The van der Waals surface area contributed by atoms with Gasteiger partial charge in [0.25, 0.3) is 0 Å². The van der Waals surface area contributed by atoms with Crippen LogP contribution in [-0.2, 0) is 4.79 Å². The number of hydrogen-bond donors (Lipinski definition) is 2. The first-order valence-electron chi connectivity index (χ1n) is 3.45. The van der Waals surface area contributed by atoms with Crippen molar-refractivity contribution in [3.8, 4) is 0 Å². The maximum Gasteiger partial charge on any atom is 0.325 e. The van der Waals surface area contributed by atoms with E-state index in [1.165, 1.54) is 12.1 Å². The lowest BCUT2D eigenvalue weighted by atomic mass is 10.1. The number of rotatable bonds is 2. The summed E-state index contributed by atoms with van der Waals surface area (Å²) < 4.78 is 13.2. The average molecular weight is 248 g/mol. The summed E-state index contributed by atoms with van der Waals surface area (Å²) in [5, 5.41) is 8.54. The minimum absolute atomic E-state index is 0.244. The van der Waals surface area contributed by atoms with E-state index in [2.05, 4.69) is 15.9 Å². The molecule has 5 heteroatoms. The highest BCUT2D eigenvalue weighted by molar-refractivity contribution is 9.10. The first kappa shape index (κ1) is 10.1. The molecule has 0 amide bonds. The average Bonchev–Trinajstić information content (AvgIpc) is 2.08. The molecule has 0 saturated heterocycles. The van der Waals surface area contributed by atoms with Crippen molar-refractivity contribution in [3.63, 3.8) is 0 Å². The van der Waals surface area contributed by atoms with Crippen LogP contribution in [-0.4, -0.2) is 11.1 Å². The third-order valence-corrected chi connectivity index (χ3v) is 2.21. The van der Waals surface area contributed by atoms with Crippen molar-refractivity contribution < 1.29 is 14.3 Å². The number of carbonyl (C=O) groups is 1. The third-order valence-electron chi connectivity index (χ3n) is 1.57. The number of hydrogen-bond acceptors (Lipinski definition) is 2. The Hall–Kier alpha value is -0.940. The predicted molar refractivity (Wildman–Crippen MR) is 48.7 cm³/mol. The Bertz CT molecular complexity index is 343. The molecule has 0 aliphatic carbocycles. The number of carboxylic acid groups (broad SMARTS) is 1. The van der Waals surface area contributed by atoms with Crippen LogP contribution in [0.4, 0.5) is 4.39 Å². The monoisotopic (exact) mass is 247 g/mol. The van der Waals surface area contributed by atoms with Crippen LogP contribution >= 0.6 is 15.9 Å². The van der Waals surface area contributed by atoms with E-state index in [1.54, 1.807) is 0 Å². The van der Waals surface area contributed by atoms with Crippen molar-refractivity contribution in [2.24, 2.45) is 5.73 Å². The molecule has 0 aliphatic heterocycles. The van der Waals surface area contributed by atoms with Gasteiger partial charge in [0.2, 0.25) is 0 Å². The topological polar surface area (TPSA) is 63.3 Å². The summed E-state index contributed by atoms with van der Waals surface area (Å²) in [6, 6.07) is 2.81. The van der Waals surface area contributed by atoms with Crippen LogP contribution < -0.4 is 5.73 Å². The molecule has 1 aromatic carbocycles. The summed E-state index contributed by atoms with van der Waals surface area (Å²) in [7, 11) is 0. The minimum Gasteiger partial charge on any atom is -0.480 e. The number of benzene rings is 1. The van der Waals surface area contributed by atoms with Gasteiger partial charge in [-0.05, 0) is 33.6 Å².